The van der Waals surface area contributed by atoms with Crippen molar-refractivity contribution in [1.29, 1.82) is 0 Å². The summed E-state index contributed by atoms with van der Waals surface area (Å²) in [6.45, 7) is 5.19. The van der Waals surface area contributed by atoms with Gasteiger partial charge >= 0.3 is 0 Å². The minimum absolute atomic E-state index is 0.159. The molecule has 1 aliphatic rings. The lowest BCUT2D eigenvalue weighted by molar-refractivity contribution is 0.348. The third-order valence-corrected chi connectivity index (χ3v) is 4.45. The number of likely N-dealkylation sites (N-methyl/N-ethyl adjacent to an activating group) is 1. The molecule has 1 aromatic rings. The van der Waals surface area contributed by atoms with Crippen LogP contribution in [-0.2, 0) is 0 Å². The van der Waals surface area contributed by atoms with E-state index in [1.165, 1.54) is 24.1 Å². The summed E-state index contributed by atoms with van der Waals surface area (Å²) in [5.41, 5.74) is 8.93. The van der Waals surface area contributed by atoms with Gasteiger partial charge in [0.2, 0.25) is 0 Å². The molecule has 0 saturated heterocycles. The van der Waals surface area contributed by atoms with Gasteiger partial charge in [-0.2, -0.15) is 0 Å². The topological polar surface area (TPSA) is 29.3 Å². The second-order valence-electron chi connectivity index (χ2n) is 5.28. The third-order valence-electron chi connectivity index (χ3n) is 4.45. The molecule has 0 heterocycles. The van der Waals surface area contributed by atoms with Crippen molar-refractivity contribution >= 4 is 5.69 Å². The summed E-state index contributed by atoms with van der Waals surface area (Å²) in [7, 11) is 2.21. The maximum absolute atomic E-state index is 6.11. The van der Waals surface area contributed by atoms with E-state index in [9.17, 15) is 0 Å². The first-order valence-corrected chi connectivity index (χ1v) is 6.65. The van der Waals surface area contributed by atoms with Crippen LogP contribution in [0.3, 0.4) is 0 Å². The average molecular weight is 232 g/mol. The minimum Gasteiger partial charge on any atom is -0.367 e. The molecule has 0 spiro atoms. The largest absolute Gasteiger partial charge is 0.367 e. The predicted octanol–water partition coefficient (Wildman–Crippen LogP) is 2.95. The van der Waals surface area contributed by atoms with E-state index in [2.05, 4.69) is 50.1 Å². The van der Waals surface area contributed by atoms with Crippen molar-refractivity contribution in [2.45, 2.75) is 38.6 Å². The Morgan fingerprint density at radius 3 is 2.47 bits per heavy atom. The van der Waals surface area contributed by atoms with Gasteiger partial charge in [0.1, 0.15) is 0 Å². The minimum atomic E-state index is 0.159. The standard InChI is InChI=1S/C15H24N2/c1-4-15(11-16,13-9-10-13)17(3)14-8-6-5-7-12(14)2/h5-8,13H,4,9-11,16H2,1-3H3. The van der Waals surface area contributed by atoms with Crippen molar-refractivity contribution in [2.75, 3.05) is 18.5 Å². The van der Waals surface area contributed by atoms with E-state index in [1.807, 2.05) is 0 Å². The maximum Gasteiger partial charge on any atom is 0.0546 e. The van der Waals surface area contributed by atoms with Crippen molar-refractivity contribution in [1.82, 2.24) is 0 Å². The van der Waals surface area contributed by atoms with Crippen molar-refractivity contribution in [3.63, 3.8) is 0 Å². The highest BCUT2D eigenvalue weighted by Crippen LogP contribution is 2.45. The molecule has 1 unspecified atom stereocenters. The van der Waals surface area contributed by atoms with Crippen LogP contribution >= 0.6 is 0 Å². The predicted molar refractivity (Wildman–Crippen MR) is 74.4 cm³/mol. The van der Waals surface area contributed by atoms with Crippen LogP contribution in [-0.4, -0.2) is 19.1 Å². The van der Waals surface area contributed by atoms with Crippen molar-refractivity contribution in [2.24, 2.45) is 11.7 Å². The van der Waals surface area contributed by atoms with Crippen LogP contribution in [0.15, 0.2) is 24.3 Å². The van der Waals surface area contributed by atoms with Crippen LogP contribution in [0.1, 0.15) is 31.7 Å². The molecule has 2 heteroatoms. The van der Waals surface area contributed by atoms with E-state index < -0.39 is 0 Å². The summed E-state index contributed by atoms with van der Waals surface area (Å²) in [5, 5.41) is 0. The molecule has 2 nitrogen and oxygen atoms in total. The monoisotopic (exact) mass is 232 g/mol. The molecule has 1 saturated carbocycles. The van der Waals surface area contributed by atoms with Gasteiger partial charge in [0.05, 0.1) is 5.54 Å². The Labute approximate surface area is 105 Å². The fraction of sp³-hybridized carbons (Fsp3) is 0.600. The quantitative estimate of drug-likeness (QED) is 0.845. The lowest BCUT2D eigenvalue weighted by Crippen LogP contribution is -2.54. The number of rotatable bonds is 5. The fourth-order valence-electron chi connectivity index (χ4n) is 3.05. The van der Waals surface area contributed by atoms with Crippen LogP contribution in [0.4, 0.5) is 5.69 Å². The Balaban J connectivity index is 2.34. The number of aryl methyl sites for hydroxylation is 1. The van der Waals surface area contributed by atoms with E-state index in [4.69, 9.17) is 5.73 Å². The van der Waals surface area contributed by atoms with Gasteiger partial charge in [-0.05, 0) is 43.7 Å². The Bertz CT molecular complexity index is 378. The van der Waals surface area contributed by atoms with Gasteiger partial charge in [0.15, 0.2) is 0 Å². The average Bonchev–Trinajstić information content (AvgIpc) is 3.16. The molecule has 2 N–H and O–H groups in total. The van der Waals surface area contributed by atoms with Gasteiger partial charge < -0.3 is 10.6 Å². The molecule has 0 aromatic heterocycles. The van der Waals surface area contributed by atoms with Gasteiger partial charge in [-0.1, -0.05) is 25.1 Å². The Morgan fingerprint density at radius 2 is 2.00 bits per heavy atom. The number of hydrogen-bond acceptors (Lipinski definition) is 2. The molecule has 0 amide bonds. The highest BCUT2D eigenvalue weighted by atomic mass is 15.2. The molecule has 17 heavy (non-hydrogen) atoms. The van der Waals surface area contributed by atoms with Crippen molar-refractivity contribution in [3.8, 4) is 0 Å². The Morgan fingerprint density at radius 1 is 1.35 bits per heavy atom. The van der Waals surface area contributed by atoms with Crippen LogP contribution < -0.4 is 10.6 Å². The highest BCUT2D eigenvalue weighted by molar-refractivity contribution is 5.55. The number of nitrogens with two attached hydrogens (primary N) is 1. The molecule has 1 aliphatic carbocycles. The fourth-order valence-corrected chi connectivity index (χ4v) is 3.05. The van der Waals surface area contributed by atoms with Crippen molar-refractivity contribution in [3.05, 3.63) is 29.8 Å². The molecule has 1 fully saturated rings. The van der Waals surface area contributed by atoms with Crippen LogP contribution in [0.25, 0.3) is 0 Å². The van der Waals surface area contributed by atoms with Gasteiger partial charge in [-0.3, -0.25) is 0 Å². The summed E-state index contributed by atoms with van der Waals surface area (Å²) in [6.07, 6.45) is 3.79. The van der Waals surface area contributed by atoms with Gasteiger partial charge in [0, 0.05) is 19.3 Å². The molecule has 1 aromatic carbocycles. The summed E-state index contributed by atoms with van der Waals surface area (Å²) in [6, 6.07) is 8.59. The molecular formula is C15H24N2. The molecule has 2 rings (SSSR count). The zero-order valence-corrected chi connectivity index (χ0v) is 11.2. The van der Waals surface area contributed by atoms with Crippen LogP contribution in [0.5, 0.6) is 0 Å². The summed E-state index contributed by atoms with van der Waals surface area (Å²) in [5.74, 6) is 0.780. The number of benzene rings is 1. The van der Waals surface area contributed by atoms with E-state index in [0.29, 0.717) is 0 Å². The lowest BCUT2D eigenvalue weighted by Gasteiger charge is -2.43. The van der Waals surface area contributed by atoms with Crippen molar-refractivity contribution < 1.29 is 0 Å². The van der Waals surface area contributed by atoms with E-state index in [0.717, 1.165) is 18.9 Å². The summed E-state index contributed by atoms with van der Waals surface area (Å²) >= 11 is 0. The van der Waals surface area contributed by atoms with Gasteiger partial charge in [0.25, 0.3) is 0 Å². The second kappa shape index (κ2) is 4.69. The number of hydrogen-bond donors (Lipinski definition) is 1. The first kappa shape index (κ1) is 12.4. The van der Waals surface area contributed by atoms with Gasteiger partial charge in [-0.15, -0.1) is 0 Å². The molecule has 0 radical (unpaired) electrons. The number of nitrogens with zero attached hydrogens (tertiary/aromatic N) is 1. The molecular weight excluding hydrogens is 208 g/mol. The zero-order valence-electron chi connectivity index (χ0n) is 11.2. The number of para-hydroxylation sites is 1. The Hall–Kier alpha value is -1.02. The third kappa shape index (κ3) is 2.06. The highest BCUT2D eigenvalue weighted by Gasteiger charge is 2.46. The van der Waals surface area contributed by atoms with E-state index in [1.54, 1.807) is 0 Å². The normalized spacial score (nSPS) is 18.8. The first-order chi connectivity index (χ1) is 8.15. The first-order valence-electron chi connectivity index (χ1n) is 6.65. The second-order valence-corrected chi connectivity index (χ2v) is 5.28. The lowest BCUT2D eigenvalue weighted by atomic mass is 9.87. The maximum atomic E-state index is 6.11. The molecule has 0 aliphatic heterocycles. The summed E-state index contributed by atoms with van der Waals surface area (Å²) < 4.78 is 0. The Kier molecular flexibility index (Phi) is 3.43. The number of anilines is 1. The molecule has 94 valence electrons. The molecule has 0 bridgehead atoms. The van der Waals surface area contributed by atoms with E-state index in [-0.39, 0.29) is 5.54 Å². The summed E-state index contributed by atoms with van der Waals surface area (Å²) in [4.78, 5) is 2.43. The SMILES string of the molecule is CCC(CN)(C1CC1)N(C)c1ccccc1C. The smallest absolute Gasteiger partial charge is 0.0546 e. The molecule has 1 atom stereocenters. The van der Waals surface area contributed by atoms with Crippen LogP contribution in [0, 0.1) is 12.8 Å². The van der Waals surface area contributed by atoms with Crippen LogP contribution in [0.2, 0.25) is 0 Å². The van der Waals surface area contributed by atoms with E-state index >= 15 is 0 Å². The zero-order chi connectivity index (χ0) is 12.5. The van der Waals surface area contributed by atoms with Gasteiger partial charge in [-0.25, -0.2) is 0 Å².